The predicted molar refractivity (Wildman–Crippen MR) is 234 cm³/mol. The zero-order valence-electron chi connectivity index (χ0n) is 37.8. The maximum absolute atomic E-state index is 13.2. The van der Waals surface area contributed by atoms with Crippen LogP contribution in [0.15, 0.2) is 9.98 Å². The van der Waals surface area contributed by atoms with Gasteiger partial charge in [0, 0.05) is 75.9 Å². The Morgan fingerprint density at radius 2 is 0.952 bits per heavy atom. The number of nitrogens with two attached hydrogens (primary N) is 4. The molecule has 0 aromatic rings. The first kappa shape index (κ1) is 53.4. The second-order valence-corrected chi connectivity index (χ2v) is 17.0. The third-order valence-corrected chi connectivity index (χ3v) is 12.6. The molecule has 2 rings (SSSR count). The normalized spacial score (nSPS) is 24.7. The van der Waals surface area contributed by atoms with Gasteiger partial charge in [-0.25, -0.2) is 9.98 Å². The van der Waals surface area contributed by atoms with Crippen LogP contribution in [0, 0.1) is 41.4 Å². The van der Waals surface area contributed by atoms with E-state index < -0.39 is 71.9 Å². The lowest BCUT2D eigenvalue weighted by atomic mass is 9.79. The number of aliphatic imine (C=N–C) groups is 2. The highest BCUT2D eigenvalue weighted by Crippen LogP contribution is 2.41. The number of ether oxygens (including phenoxy) is 2. The van der Waals surface area contributed by atoms with Crippen LogP contribution in [0.4, 0.5) is 0 Å². The first-order valence-electron chi connectivity index (χ1n) is 22.2. The Bertz CT molecular complexity index is 1420. The fraction of sp³-hybridized carbons (Fsp3) is 0.810. The quantitative estimate of drug-likeness (QED) is 0.0295. The molecule has 10 atom stereocenters. The molecule has 0 bridgehead atoms. The van der Waals surface area contributed by atoms with E-state index in [1.54, 1.807) is 0 Å². The van der Waals surface area contributed by atoms with Crippen LogP contribution in [-0.4, -0.2) is 120 Å². The Labute approximate surface area is 366 Å². The van der Waals surface area contributed by atoms with Crippen LogP contribution in [0.25, 0.3) is 0 Å². The number of aliphatic carboxylic acids is 2. The number of hydrogen-bond acceptors (Lipinski definition) is 10. The molecular weight excluding hydrogens is 805 g/mol. The molecule has 4 amide bonds. The molecule has 2 aliphatic rings. The third-order valence-electron chi connectivity index (χ3n) is 12.6. The van der Waals surface area contributed by atoms with Gasteiger partial charge in [-0.3, -0.25) is 28.8 Å². The van der Waals surface area contributed by atoms with E-state index in [-0.39, 0.29) is 92.2 Å². The number of rotatable bonds is 28. The van der Waals surface area contributed by atoms with Crippen molar-refractivity contribution in [3.8, 4) is 0 Å². The molecular formula is C42H76N10O10. The van der Waals surface area contributed by atoms with Crippen molar-refractivity contribution in [2.75, 3.05) is 26.4 Å². The average molecular weight is 881 g/mol. The minimum Gasteiger partial charge on any atom is -0.481 e. The molecule has 0 spiro atoms. The van der Waals surface area contributed by atoms with Crippen molar-refractivity contribution in [1.82, 2.24) is 21.3 Å². The van der Waals surface area contributed by atoms with Gasteiger partial charge >= 0.3 is 11.9 Å². The number of carbonyl (C=O) groups excluding carboxylic acids is 4. The van der Waals surface area contributed by atoms with Crippen molar-refractivity contribution in [2.24, 2.45) is 74.3 Å². The Balaban J connectivity index is 1.91. The van der Waals surface area contributed by atoms with Gasteiger partial charge in [0.1, 0.15) is 0 Å². The van der Waals surface area contributed by atoms with Gasteiger partial charge < -0.3 is 63.9 Å². The van der Waals surface area contributed by atoms with Crippen molar-refractivity contribution in [3.05, 3.63) is 0 Å². The average Bonchev–Trinajstić information content (AvgIpc) is 3.70. The molecule has 354 valence electrons. The van der Waals surface area contributed by atoms with Gasteiger partial charge in [0.05, 0.1) is 37.1 Å². The summed E-state index contributed by atoms with van der Waals surface area (Å²) in [4.78, 5) is 84.6. The SMILES string of the molecule is CCC(CC)[C@@H](NC(C)=O)[C@@H]1[C@H](NC(=O)CCOCCC(C)CCOCCC(=O)N[C@H]2[C@@H]([C@H](NC(C)=O)C(CC)CC)[C@H](N=C(N)N)C[C@@H]2C(=O)O)[C@@H](C(=O)O)C[C@H]1N=C(N)N. The minimum atomic E-state index is -1.09. The van der Waals surface area contributed by atoms with Gasteiger partial charge in [0.2, 0.25) is 23.6 Å². The topological polar surface area (TPSA) is 338 Å². The zero-order chi connectivity index (χ0) is 46.7. The molecule has 0 aliphatic heterocycles. The second-order valence-electron chi connectivity index (χ2n) is 17.0. The first-order valence-corrected chi connectivity index (χ1v) is 22.2. The Kier molecular flexibility index (Phi) is 23.0. The standard InChI is InChI=1S/C42H76N10O10/c1-8-25(9-2)35(47-23(6)53)33-29(49-41(43)44)20-27(39(57)58)37(33)51-31(55)14-18-61-16-12-22(5)13-17-62-19-15-32(56)52-38-28(40(59)60)21-30(50-42(45)46)34(38)36(48-24(7)54)26(10-3)11-4/h22,25-30,33-38H,8-21H2,1-7H3,(H,47,53)(H,48,54)(H,51,55)(H,52,56)(H,57,58)(H,59,60)(H4,43,44,49)(H4,45,46,50)/t27-,28-,29+,30+,33+,34+,35+,36+,37+,38+/m0/s1. The lowest BCUT2D eigenvalue weighted by molar-refractivity contribution is -0.144. The summed E-state index contributed by atoms with van der Waals surface area (Å²) in [5, 5.41) is 32.1. The van der Waals surface area contributed by atoms with E-state index in [1.165, 1.54) is 13.8 Å². The molecule has 0 radical (unpaired) electrons. The maximum Gasteiger partial charge on any atom is 0.308 e. The van der Waals surface area contributed by atoms with E-state index in [9.17, 15) is 39.0 Å². The fourth-order valence-corrected chi connectivity index (χ4v) is 9.51. The summed E-state index contributed by atoms with van der Waals surface area (Å²) in [6.07, 6.45) is 4.38. The molecule has 2 saturated carbocycles. The van der Waals surface area contributed by atoms with Crippen LogP contribution in [0.3, 0.4) is 0 Å². The third kappa shape index (κ3) is 16.5. The largest absolute Gasteiger partial charge is 0.481 e. The number of carbonyl (C=O) groups is 6. The summed E-state index contributed by atoms with van der Waals surface area (Å²) in [6.45, 7) is 13.8. The van der Waals surface area contributed by atoms with E-state index in [0.717, 1.165) is 0 Å². The summed E-state index contributed by atoms with van der Waals surface area (Å²) in [5.74, 6) is -6.78. The van der Waals surface area contributed by atoms with Crippen LogP contribution >= 0.6 is 0 Å². The fourth-order valence-electron chi connectivity index (χ4n) is 9.51. The molecule has 2 fully saturated rings. The van der Waals surface area contributed by atoms with Crippen molar-refractivity contribution in [3.63, 3.8) is 0 Å². The summed E-state index contributed by atoms with van der Waals surface area (Å²) >= 11 is 0. The van der Waals surface area contributed by atoms with Gasteiger partial charge in [-0.2, -0.15) is 0 Å². The molecule has 0 unspecified atom stereocenters. The Hall–Kier alpha value is -4.72. The summed E-state index contributed by atoms with van der Waals surface area (Å²) < 4.78 is 11.5. The van der Waals surface area contributed by atoms with Gasteiger partial charge in [-0.15, -0.1) is 0 Å². The van der Waals surface area contributed by atoms with E-state index in [0.29, 0.717) is 51.7 Å². The van der Waals surface area contributed by atoms with Crippen molar-refractivity contribution < 1.29 is 48.5 Å². The van der Waals surface area contributed by atoms with Gasteiger partial charge in [0.25, 0.3) is 0 Å². The lowest BCUT2D eigenvalue weighted by Crippen LogP contribution is -2.55. The number of nitrogens with one attached hydrogen (secondary N) is 4. The number of carboxylic acid groups (broad SMARTS) is 2. The van der Waals surface area contributed by atoms with Crippen molar-refractivity contribution >= 4 is 47.5 Å². The molecule has 0 heterocycles. The van der Waals surface area contributed by atoms with Crippen molar-refractivity contribution in [1.29, 1.82) is 0 Å². The van der Waals surface area contributed by atoms with Gasteiger partial charge in [-0.1, -0.05) is 60.3 Å². The molecule has 20 heteroatoms. The summed E-state index contributed by atoms with van der Waals surface area (Å²) in [5.41, 5.74) is 22.9. The van der Waals surface area contributed by atoms with E-state index >= 15 is 0 Å². The monoisotopic (exact) mass is 881 g/mol. The smallest absolute Gasteiger partial charge is 0.308 e. The lowest BCUT2D eigenvalue weighted by Gasteiger charge is -2.37. The Morgan fingerprint density at radius 1 is 0.613 bits per heavy atom. The number of guanidine groups is 2. The first-order chi connectivity index (χ1) is 29.3. The van der Waals surface area contributed by atoms with E-state index in [4.69, 9.17) is 32.4 Å². The Morgan fingerprint density at radius 3 is 1.23 bits per heavy atom. The highest BCUT2D eigenvalue weighted by molar-refractivity contribution is 5.81. The summed E-state index contributed by atoms with van der Waals surface area (Å²) in [7, 11) is 0. The van der Waals surface area contributed by atoms with Crippen LogP contribution in [0.5, 0.6) is 0 Å². The zero-order valence-corrected chi connectivity index (χ0v) is 37.8. The number of amides is 4. The highest BCUT2D eigenvalue weighted by atomic mass is 16.5. The number of hydrogen-bond donors (Lipinski definition) is 10. The van der Waals surface area contributed by atoms with E-state index in [1.807, 2.05) is 34.6 Å². The maximum atomic E-state index is 13.2. The second kappa shape index (κ2) is 26.7. The highest BCUT2D eigenvalue weighted by Gasteiger charge is 2.53. The van der Waals surface area contributed by atoms with Crippen LogP contribution in [-0.2, 0) is 38.2 Å². The van der Waals surface area contributed by atoms with Gasteiger partial charge in [0.15, 0.2) is 11.9 Å². The van der Waals surface area contributed by atoms with E-state index in [2.05, 4.69) is 31.3 Å². The molecule has 0 aromatic heterocycles. The minimum absolute atomic E-state index is 0.00595. The molecule has 62 heavy (non-hydrogen) atoms. The molecule has 0 saturated heterocycles. The molecule has 0 aromatic carbocycles. The molecule has 2 aliphatic carbocycles. The molecule has 14 N–H and O–H groups in total. The predicted octanol–water partition coefficient (Wildman–Crippen LogP) is 0.793. The van der Waals surface area contributed by atoms with Crippen LogP contribution in [0.2, 0.25) is 0 Å². The summed E-state index contributed by atoms with van der Waals surface area (Å²) in [6, 6.07) is -3.86. The van der Waals surface area contributed by atoms with Gasteiger partial charge in [-0.05, 0) is 43.4 Å². The van der Waals surface area contributed by atoms with Crippen molar-refractivity contribution in [2.45, 2.75) is 149 Å². The van der Waals surface area contributed by atoms with Crippen LogP contribution < -0.4 is 44.2 Å². The molecule has 20 nitrogen and oxygen atoms in total. The number of carboxylic acids is 2. The van der Waals surface area contributed by atoms with Crippen LogP contribution in [0.1, 0.15) is 113 Å². The number of nitrogens with zero attached hydrogens (tertiary/aromatic N) is 2.